The van der Waals surface area contributed by atoms with Gasteiger partial charge in [-0.05, 0) is 68.5 Å². The maximum Gasteiger partial charge on any atom is 0.238 e. The van der Waals surface area contributed by atoms with Gasteiger partial charge in [-0.2, -0.15) is 0 Å². The Bertz CT molecular complexity index is 1270. The number of para-hydroxylation sites is 2. The Morgan fingerprint density at radius 1 is 1.00 bits per heavy atom. The predicted octanol–water partition coefficient (Wildman–Crippen LogP) is 5.83. The molecule has 0 saturated carbocycles. The summed E-state index contributed by atoms with van der Waals surface area (Å²) < 4.78 is 23.9. The summed E-state index contributed by atoms with van der Waals surface area (Å²) in [5.74, 6) is 2.32. The van der Waals surface area contributed by atoms with Crippen LogP contribution in [0.1, 0.15) is 24.5 Å². The lowest BCUT2D eigenvalue weighted by atomic mass is 10.1. The summed E-state index contributed by atoms with van der Waals surface area (Å²) in [6.45, 7) is 6.09. The van der Waals surface area contributed by atoms with E-state index in [1.807, 2.05) is 44.4 Å². The molecular formula is C31H38ClN3O5. The molecule has 3 aromatic carbocycles. The van der Waals surface area contributed by atoms with Crippen LogP contribution < -0.4 is 19.5 Å². The molecule has 1 N–H and O–H groups in total. The lowest BCUT2D eigenvalue weighted by molar-refractivity contribution is -0.117. The molecule has 0 aromatic heterocycles. The first kappa shape index (κ1) is 29.7. The van der Waals surface area contributed by atoms with E-state index in [1.165, 1.54) is 0 Å². The Morgan fingerprint density at radius 3 is 2.62 bits per heavy atom. The van der Waals surface area contributed by atoms with Crippen molar-refractivity contribution in [3.8, 4) is 23.0 Å². The number of carbonyl (C=O) groups is 1. The van der Waals surface area contributed by atoms with Gasteiger partial charge in [-0.15, -0.1) is 0 Å². The Hall–Kier alpha value is -3.30. The van der Waals surface area contributed by atoms with Crippen LogP contribution in [0, 0.1) is 0 Å². The molecule has 0 bridgehead atoms. The van der Waals surface area contributed by atoms with Gasteiger partial charge in [0.2, 0.25) is 5.91 Å². The molecule has 8 nitrogen and oxygen atoms in total. The molecule has 4 rings (SSSR count). The maximum atomic E-state index is 13.3. The van der Waals surface area contributed by atoms with E-state index in [0.29, 0.717) is 67.5 Å². The van der Waals surface area contributed by atoms with Crippen molar-refractivity contribution in [1.82, 2.24) is 9.80 Å². The lowest BCUT2D eigenvalue weighted by Crippen LogP contribution is -2.35. The minimum atomic E-state index is -0.178. The number of nitrogens with zero attached hydrogens (tertiary/aromatic N) is 2. The van der Waals surface area contributed by atoms with Crippen LogP contribution in [0.4, 0.5) is 5.69 Å². The minimum Gasteiger partial charge on any atom is -0.493 e. The molecule has 0 radical (unpaired) electrons. The number of benzene rings is 3. The van der Waals surface area contributed by atoms with Crippen molar-refractivity contribution in [2.75, 3.05) is 58.9 Å². The molecular weight excluding hydrogens is 530 g/mol. The molecule has 9 heteroatoms. The van der Waals surface area contributed by atoms with Gasteiger partial charge in [-0.1, -0.05) is 36.7 Å². The monoisotopic (exact) mass is 567 g/mol. The number of amides is 1. The van der Waals surface area contributed by atoms with Gasteiger partial charge in [0.05, 0.1) is 32.1 Å². The van der Waals surface area contributed by atoms with Crippen molar-refractivity contribution in [2.45, 2.75) is 26.4 Å². The van der Waals surface area contributed by atoms with Crippen LogP contribution >= 0.6 is 11.6 Å². The number of ether oxygens (including phenoxy) is 4. The van der Waals surface area contributed by atoms with Gasteiger partial charge >= 0.3 is 0 Å². The van der Waals surface area contributed by atoms with Crippen molar-refractivity contribution < 1.29 is 23.7 Å². The number of carbonyl (C=O) groups excluding carboxylic acids is 1. The molecule has 0 unspecified atom stereocenters. The normalized spacial score (nSPS) is 15.1. The molecule has 1 aliphatic rings. The Labute approximate surface area is 241 Å². The number of hydrogen-bond donors (Lipinski definition) is 1. The quantitative estimate of drug-likeness (QED) is 0.385. The highest BCUT2D eigenvalue weighted by Crippen LogP contribution is 2.36. The van der Waals surface area contributed by atoms with Crippen molar-refractivity contribution >= 4 is 23.2 Å². The van der Waals surface area contributed by atoms with E-state index in [2.05, 4.69) is 34.2 Å². The van der Waals surface area contributed by atoms with Crippen LogP contribution in [0.3, 0.4) is 0 Å². The average Bonchev–Trinajstić information content (AvgIpc) is 2.92. The van der Waals surface area contributed by atoms with Gasteiger partial charge in [0.1, 0.15) is 12.4 Å². The SMILES string of the molecule is CCCOc1ccc(CN2CCOCCOc3ccccc3Oc3ccc(Cl)cc3NC(=O)C2)cc1CN(C)C. The third-order valence-corrected chi connectivity index (χ3v) is 6.40. The van der Waals surface area contributed by atoms with Gasteiger partial charge in [-0.25, -0.2) is 0 Å². The van der Waals surface area contributed by atoms with Gasteiger partial charge in [0.15, 0.2) is 17.2 Å². The Morgan fingerprint density at radius 2 is 1.82 bits per heavy atom. The van der Waals surface area contributed by atoms with Gasteiger partial charge in [-0.3, -0.25) is 9.69 Å². The fraction of sp³-hybridized carbons (Fsp3) is 0.387. The standard InChI is InChI=1S/C31H38ClN3O5/c1-4-14-38-27-11-9-23(18-24(27)21-34(2)3)20-35-13-15-37-16-17-39-29-7-5-6-8-30(29)40-28-12-10-25(32)19-26(28)33-31(36)22-35/h5-12,18-19H,4,13-17,20-22H2,1-3H3,(H,33,36). The summed E-state index contributed by atoms with van der Waals surface area (Å²) in [6.07, 6.45) is 0.947. The Balaban J connectivity index is 1.55. The zero-order valence-electron chi connectivity index (χ0n) is 23.5. The Kier molecular flexibility index (Phi) is 11.1. The third kappa shape index (κ3) is 8.86. The summed E-state index contributed by atoms with van der Waals surface area (Å²) in [6, 6.07) is 18.8. The van der Waals surface area contributed by atoms with Crippen LogP contribution in [-0.2, 0) is 22.6 Å². The van der Waals surface area contributed by atoms with Gasteiger partial charge < -0.3 is 29.2 Å². The van der Waals surface area contributed by atoms with Crippen LogP contribution in [0.25, 0.3) is 0 Å². The maximum absolute atomic E-state index is 13.3. The van der Waals surface area contributed by atoms with Crippen molar-refractivity contribution in [2.24, 2.45) is 0 Å². The number of hydrogen-bond acceptors (Lipinski definition) is 7. The van der Waals surface area contributed by atoms with Crippen molar-refractivity contribution in [3.05, 3.63) is 76.8 Å². The van der Waals surface area contributed by atoms with E-state index >= 15 is 0 Å². The number of halogens is 1. The first-order valence-electron chi connectivity index (χ1n) is 13.6. The third-order valence-electron chi connectivity index (χ3n) is 6.17. The summed E-state index contributed by atoms with van der Waals surface area (Å²) in [5, 5.41) is 3.48. The molecule has 0 spiro atoms. The van der Waals surface area contributed by atoms with Crippen molar-refractivity contribution in [1.29, 1.82) is 0 Å². The molecule has 40 heavy (non-hydrogen) atoms. The summed E-state index contributed by atoms with van der Waals surface area (Å²) in [7, 11) is 4.08. The highest BCUT2D eigenvalue weighted by atomic mass is 35.5. The zero-order valence-corrected chi connectivity index (χ0v) is 24.2. The van der Waals surface area contributed by atoms with E-state index in [4.69, 9.17) is 30.5 Å². The first-order valence-corrected chi connectivity index (χ1v) is 14.0. The molecule has 0 saturated heterocycles. The molecule has 1 amide bonds. The summed E-state index contributed by atoms with van der Waals surface area (Å²) in [4.78, 5) is 17.5. The first-order chi connectivity index (χ1) is 19.4. The van der Waals surface area contributed by atoms with E-state index < -0.39 is 0 Å². The number of fused-ring (bicyclic) bond motifs is 2. The molecule has 0 aliphatic carbocycles. The van der Waals surface area contributed by atoms with Crippen LogP contribution in [0.2, 0.25) is 5.02 Å². The van der Waals surface area contributed by atoms with Gasteiger partial charge in [0, 0.05) is 30.2 Å². The van der Waals surface area contributed by atoms with Crippen LogP contribution in [0.5, 0.6) is 23.0 Å². The molecule has 0 fully saturated rings. The molecule has 214 valence electrons. The fourth-order valence-electron chi connectivity index (χ4n) is 4.38. The number of anilines is 1. The van der Waals surface area contributed by atoms with E-state index in [1.54, 1.807) is 18.2 Å². The lowest BCUT2D eigenvalue weighted by Gasteiger charge is -2.23. The highest BCUT2D eigenvalue weighted by molar-refractivity contribution is 6.31. The molecule has 1 heterocycles. The summed E-state index contributed by atoms with van der Waals surface area (Å²) in [5.41, 5.74) is 2.70. The smallest absolute Gasteiger partial charge is 0.238 e. The second kappa shape index (κ2) is 14.9. The average molecular weight is 568 g/mol. The highest BCUT2D eigenvalue weighted by Gasteiger charge is 2.17. The fourth-order valence-corrected chi connectivity index (χ4v) is 4.55. The van der Waals surface area contributed by atoms with E-state index in [0.717, 1.165) is 29.8 Å². The largest absolute Gasteiger partial charge is 0.493 e. The second-order valence-electron chi connectivity index (χ2n) is 9.94. The molecule has 0 atom stereocenters. The molecule has 3 aromatic rings. The van der Waals surface area contributed by atoms with Crippen LogP contribution in [-0.4, -0.2) is 69.3 Å². The van der Waals surface area contributed by atoms with E-state index in [-0.39, 0.29) is 12.5 Å². The predicted molar refractivity (Wildman–Crippen MR) is 158 cm³/mol. The number of nitrogens with one attached hydrogen (secondary N) is 1. The van der Waals surface area contributed by atoms with Crippen molar-refractivity contribution in [3.63, 3.8) is 0 Å². The molecule has 1 aliphatic heterocycles. The summed E-state index contributed by atoms with van der Waals surface area (Å²) >= 11 is 6.28. The second-order valence-corrected chi connectivity index (χ2v) is 10.4. The minimum absolute atomic E-state index is 0.166. The van der Waals surface area contributed by atoms with Crippen LogP contribution in [0.15, 0.2) is 60.7 Å². The topological polar surface area (TPSA) is 72.5 Å². The number of rotatable bonds is 7. The van der Waals surface area contributed by atoms with Gasteiger partial charge in [0.25, 0.3) is 0 Å². The van der Waals surface area contributed by atoms with E-state index in [9.17, 15) is 4.79 Å². The zero-order chi connectivity index (χ0) is 28.3.